The first-order valence-electron chi connectivity index (χ1n) is 10.1. The Balaban J connectivity index is 2.00. The van der Waals surface area contributed by atoms with E-state index < -0.39 is 15.8 Å². The van der Waals surface area contributed by atoms with E-state index in [0.29, 0.717) is 49.8 Å². The number of aliphatic imine (C=N–C) groups is 1. The third-order valence-electron chi connectivity index (χ3n) is 4.63. The lowest BCUT2D eigenvalue weighted by Gasteiger charge is -2.36. The van der Waals surface area contributed by atoms with Gasteiger partial charge in [0.2, 0.25) is 10.0 Å². The van der Waals surface area contributed by atoms with E-state index in [4.69, 9.17) is 10.00 Å². The van der Waals surface area contributed by atoms with Crippen molar-refractivity contribution in [2.45, 2.75) is 33.4 Å². The molecule has 8 nitrogen and oxygen atoms in total. The van der Waals surface area contributed by atoms with Crippen molar-refractivity contribution < 1.29 is 17.5 Å². The second-order valence-corrected chi connectivity index (χ2v) is 9.30. The lowest BCUT2D eigenvalue weighted by molar-refractivity contribution is 0.0904. The third-order valence-corrected chi connectivity index (χ3v) is 6.47. The zero-order chi connectivity index (χ0) is 22.1. The maximum absolute atomic E-state index is 14.0. The number of nitriles is 1. The highest BCUT2D eigenvalue weighted by atomic mass is 32.2. The fraction of sp³-hybridized carbons (Fsp3) is 0.600. The largest absolute Gasteiger partial charge is 0.378 e. The summed E-state index contributed by atoms with van der Waals surface area (Å²) >= 11 is 0. The second-order valence-electron chi connectivity index (χ2n) is 7.21. The van der Waals surface area contributed by atoms with Crippen LogP contribution in [0.1, 0.15) is 31.9 Å². The molecule has 2 rings (SSSR count). The number of guanidine groups is 1. The lowest BCUT2D eigenvalue weighted by atomic mass is 10.1. The monoisotopic (exact) mass is 439 g/mol. The Morgan fingerprint density at radius 3 is 2.63 bits per heavy atom. The average molecular weight is 440 g/mol. The van der Waals surface area contributed by atoms with E-state index in [1.807, 2.05) is 31.7 Å². The maximum Gasteiger partial charge on any atom is 0.216 e. The van der Waals surface area contributed by atoms with Crippen LogP contribution in [-0.4, -0.2) is 74.8 Å². The van der Waals surface area contributed by atoms with Gasteiger partial charge >= 0.3 is 0 Å². The molecule has 1 aromatic rings. The number of piperazine rings is 1. The second kappa shape index (κ2) is 11.2. The van der Waals surface area contributed by atoms with E-state index in [1.165, 1.54) is 22.5 Å². The number of nitrogens with zero attached hydrogens (tertiary/aromatic N) is 4. The van der Waals surface area contributed by atoms with Crippen molar-refractivity contribution in [2.75, 3.05) is 45.1 Å². The van der Waals surface area contributed by atoms with Gasteiger partial charge in [-0.1, -0.05) is 0 Å². The van der Waals surface area contributed by atoms with Gasteiger partial charge in [-0.2, -0.15) is 9.57 Å². The van der Waals surface area contributed by atoms with Crippen molar-refractivity contribution in [1.82, 2.24) is 14.5 Å². The van der Waals surface area contributed by atoms with Gasteiger partial charge in [0.05, 0.1) is 36.6 Å². The molecular formula is C20H30FN5O3S. The van der Waals surface area contributed by atoms with Crippen LogP contribution in [0.3, 0.4) is 0 Å². The molecule has 166 valence electrons. The molecule has 30 heavy (non-hydrogen) atoms. The van der Waals surface area contributed by atoms with E-state index in [0.717, 1.165) is 0 Å². The van der Waals surface area contributed by atoms with E-state index in [9.17, 15) is 12.8 Å². The number of hydrogen-bond acceptors (Lipinski definition) is 5. The molecule has 0 saturated carbocycles. The summed E-state index contributed by atoms with van der Waals surface area (Å²) in [6.07, 6.45) is -0.00498. The highest BCUT2D eigenvalue weighted by Gasteiger charge is 2.28. The number of sulfonamides is 1. The molecule has 0 bridgehead atoms. The normalized spacial score (nSPS) is 16.0. The molecule has 1 heterocycles. The van der Waals surface area contributed by atoms with Gasteiger partial charge in [-0.05, 0) is 39.0 Å². The summed E-state index contributed by atoms with van der Waals surface area (Å²) < 4.78 is 45.8. The Morgan fingerprint density at radius 2 is 2.03 bits per heavy atom. The molecule has 0 amide bonds. The van der Waals surface area contributed by atoms with Crippen LogP contribution in [0, 0.1) is 17.1 Å². The lowest BCUT2D eigenvalue weighted by Crippen LogP contribution is -2.54. The van der Waals surface area contributed by atoms with Crippen LogP contribution in [0.4, 0.5) is 4.39 Å². The summed E-state index contributed by atoms with van der Waals surface area (Å²) in [5.41, 5.74) is 0.725. The van der Waals surface area contributed by atoms with Gasteiger partial charge in [-0.25, -0.2) is 17.8 Å². The fourth-order valence-corrected chi connectivity index (χ4v) is 4.33. The molecule has 0 radical (unpaired) electrons. The molecule has 0 aliphatic carbocycles. The first-order valence-corrected chi connectivity index (χ1v) is 11.7. The SMILES string of the molecule is CCNC(=NCc1cc(C#N)ccc1F)N1CCN(S(=O)(=O)CCOC(C)C)CC1. The number of halogens is 1. The highest BCUT2D eigenvalue weighted by Crippen LogP contribution is 2.13. The molecule has 1 aromatic carbocycles. The topological polar surface area (TPSA) is 98.0 Å². The summed E-state index contributed by atoms with van der Waals surface area (Å²) in [4.78, 5) is 6.46. The van der Waals surface area contributed by atoms with Crippen LogP contribution in [0.15, 0.2) is 23.2 Å². The van der Waals surface area contributed by atoms with E-state index in [-0.39, 0.29) is 25.0 Å². The Morgan fingerprint density at radius 1 is 1.33 bits per heavy atom. The molecule has 10 heteroatoms. The van der Waals surface area contributed by atoms with E-state index >= 15 is 0 Å². The van der Waals surface area contributed by atoms with Crippen molar-refractivity contribution in [3.8, 4) is 6.07 Å². The van der Waals surface area contributed by atoms with E-state index in [2.05, 4.69) is 10.3 Å². The van der Waals surface area contributed by atoms with Gasteiger partial charge in [0, 0.05) is 38.3 Å². The van der Waals surface area contributed by atoms with Gasteiger partial charge in [0.25, 0.3) is 0 Å². The molecule has 1 aliphatic rings. The van der Waals surface area contributed by atoms with Gasteiger partial charge in [0.1, 0.15) is 5.82 Å². The first kappa shape index (κ1) is 24.1. The van der Waals surface area contributed by atoms with Crippen LogP contribution in [0.5, 0.6) is 0 Å². The molecule has 1 N–H and O–H groups in total. The standard InChI is InChI=1S/C20H30FN5O3S/c1-4-23-20(24-15-18-13-17(14-22)5-6-19(18)21)25-7-9-26(10-8-25)30(27,28)12-11-29-16(2)3/h5-6,13,16H,4,7-12,15H2,1-3H3,(H,23,24). The highest BCUT2D eigenvalue weighted by molar-refractivity contribution is 7.89. The van der Waals surface area contributed by atoms with Gasteiger partial charge in [0.15, 0.2) is 5.96 Å². The Kier molecular flexibility index (Phi) is 9.02. The van der Waals surface area contributed by atoms with Crippen molar-refractivity contribution in [3.63, 3.8) is 0 Å². The predicted octanol–water partition coefficient (Wildman–Crippen LogP) is 1.54. The predicted molar refractivity (Wildman–Crippen MR) is 114 cm³/mol. The molecular weight excluding hydrogens is 409 g/mol. The average Bonchev–Trinajstić information content (AvgIpc) is 2.72. The molecule has 0 aromatic heterocycles. The van der Waals surface area contributed by atoms with Crippen molar-refractivity contribution in [3.05, 3.63) is 35.1 Å². The van der Waals surface area contributed by atoms with Crippen LogP contribution in [0.25, 0.3) is 0 Å². The maximum atomic E-state index is 14.0. The molecule has 0 spiro atoms. The molecule has 0 unspecified atom stereocenters. The summed E-state index contributed by atoms with van der Waals surface area (Å²) in [5, 5.41) is 12.2. The van der Waals surface area contributed by atoms with Crippen molar-refractivity contribution >= 4 is 16.0 Å². The number of hydrogen-bond donors (Lipinski definition) is 1. The van der Waals surface area contributed by atoms with Crippen LogP contribution in [0.2, 0.25) is 0 Å². The summed E-state index contributed by atoms with van der Waals surface area (Å²) in [6, 6.07) is 6.19. The Hall–Kier alpha value is -2.22. The first-order chi connectivity index (χ1) is 14.3. The Bertz CT molecular complexity index is 875. The smallest absolute Gasteiger partial charge is 0.216 e. The third kappa shape index (κ3) is 6.93. The van der Waals surface area contributed by atoms with Crippen LogP contribution >= 0.6 is 0 Å². The minimum absolute atomic E-state index is 0.00498. The summed E-state index contributed by atoms with van der Waals surface area (Å²) in [7, 11) is -3.37. The minimum Gasteiger partial charge on any atom is -0.378 e. The van der Waals surface area contributed by atoms with E-state index in [1.54, 1.807) is 0 Å². The minimum atomic E-state index is -3.37. The van der Waals surface area contributed by atoms with Gasteiger partial charge in [-0.3, -0.25) is 0 Å². The number of benzene rings is 1. The summed E-state index contributed by atoms with van der Waals surface area (Å²) in [6.45, 7) is 8.25. The number of ether oxygens (including phenoxy) is 1. The van der Waals surface area contributed by atoms with Crippen LogP contribution < -0.4 is 5.32 Å². The van der Waals surface area contributed by atoms with Gasteiger partial charge < -0.3 is 15.0 Å². The zero-order valence-electron chi connectivity index (χ0n) is 17.8. The van der Waals surface area contributed by atoms with Crippen molar-refractivity contribution in [2.24, 2.45) is 4.99 Å². The number of nitrogens with one attached hydrogen (secondary N) is 1. The fourth-order valence-electron chi connectivity index (χ4n) is 3.05. The summed E-state index contributed by atoms with van der Waals surface area (Å²) in [5.74, 6) is 0.154. The molecule has 1 fully saturated rings. The molecule has 0 atom stereocenters. The molecule has 1 aliphatic heterocycles. The van der Waals surface area contributed by atoms with Crippen molar-refractivity contribution in [1.29, 1.82) is 5.26 Å². The van der Waals surface area contributed by atoms with Crippen LogP contribution in [-0.2, 0) is 21.3 Å². The Labute approximate surface area is 178 Å². The van der Waals surface area contributed by atoms with Gasteiger partial charge in [-0.15, -0.1) is 0 Å². The number of rotatable bonds is 8. The zero-order valence-corrected chi connectivity index (χ0v) is 18.6. The quantitative estimate of drug-likeness (QED) is 0.487. The molecule has 1 saturated heterocycles.